The van der Waals surface area contributed by atoms with Gasteiger partial charge in [-0.2, -0.15) is 0 Å². The van der Waals surface area contributed by atoms with Gasteiger partial charge in [0.1, 0.15) is 0 Å². The van der Waals surface area contributed by atoms with E-state index in [1.807, 2.05) is 0 Å². The van der Waals surface area contributed by atoms with E-state index >= 15 is 0 Å². The first-order valence-electron chi connectivity index (χ1n) is 9.93. The molecule has 1 aromatic heterocycles. The first-order valence-corrected chi connectivity index (χ1v) is 13.0. The monoisotopic (exact) mass is 598 g/mol. The van der Waals surface area contributed by atoms with E-state index < -0.39 is 0 Å². The maximum atomic E-state index is 5.14. The molecule has 0 aliphatic heterocycles. The molecule has 1 aromatic rings. The molecule has 7 heteroatoms. The maximum Gasteiger partial charge on any atom is 3.00 e. The van der Waals surface area contributed by atoms with Crippen molar-refractivity contribution in [3.63, 3.8) is 0 Å². The zero-order valence-corrected chi connectivity index (χ0v) is 27.1. The van der Waals surface area contributed by atoms with Crippen LogP contribution in [0.1, 0.15) is 94.5 Å². The zero-order chi connectivity index (χ0) is 20.6. The van der Waals surface area contributed by atoms with Crippen molar-refractivity contribution in [2.45, 2.75) is 116 Å². The van der Waals surface area contributed by atoms with E-state index in [0.29, 0.717) is 20.6 Å². The summed E-state index contributed by atoms with van der Waals surface area (Å²) in [4.78, 5) is 5.14. The van der Waals surface area contributed by atoms with Gasteiger partial charge in [0.25, 0.3) is 0 Å². The number of rotatable bonds is 4. The van der Waals surface area contributed by atoms with E-state index in [1.165, 1.54) is 11.4 Å². The van der Waals surface area contributed by atoms with Crippen LogP contribution in [0.15, 0.2) is 18.2 Å². The van der Waals surface area contributed by atoms with Crippen LogP contribution in [0.5, 0.6) is 0 Å². The Balaban J connectivity index is -0.000000845. The largest absolute Gasteiger partial charge is 3.00 e. The molecule has 0 saturated carbocycles. The molecule has 1 rings (SSSR count). The van der Waals surface area contributed by atoms with Crippen LogP contribution in [-0.4, -0.2) is 25.6 Å². The number of halogens is 3. The average Bonchev–Trinajstić information content (AvgIpc) is 2.37. The standard InChI is InChI=1S/C23H43NP2.3ClH.Mo/c1-20(2,3)25(21(4,5)6)16-18-14-13-15-19(24-18)17-26(22(7,8)9)23(10,11)12;;;;/h13-15H,16-17H2,1-12H3;3*1H;/q;;;;+3/p-3. The molecule has 0 saturated heterocycles. The van der Waals surface area contributed by atoms with Crippen molar-refractivity contribution < 1.29 is 58.3 Å². The topological polar surface area (TPSA) is 12.9 Å². The normalized spacial score (nSPS) is 12.5. The molecule has 0 spiro atoms. The summed E-state index contributed by atoms with van der Waals surface area (Å²) in [5.41, 5.74) is 2.58. The van der Waals surface area contributed by atoms with Crippen molar-refractivity contribution in [3.05, 3.63) is 29.6 Å². The number of aromatic nitrogens is 1. The van der Waals surface area contributed by atoms with E-state index in [-0.39, 0.29) is 74.1 Å². The Morgan fingerprint density at radius 1 is 0.567 bits per heavy atom. The fraction of sp³-hybridized carbons (Fsp3) is 0.783. The Morgan fingerprint density at radius 2 is 0.800 bits per heavy atom. The van der Waals surface area contributed by atoms with Gasteiger partial charge in [0.05, 0.1) is 0 Å². The molecular weight excluding hydrogens is 555 g/mol. The summed E-state index contributed by atoms with van der Waals surface area (Å²) >= 11 is 0. The van der Waals surface area contributed by atoms with Crippen LogP contribution in [0.25, 0.3) is 0 Å². The molecule has 0 amide bonds. The smallest absolute Gasteiger partial charge is 1.00 e. The molecule has 0 aliphatic rings. The molecule has 1 radical (unpaired) electrons. The van der Waals surface area contributed by atoms with Crippen LogP contribution in [0.2, 0.25) is 0 Å². The zero-order valence-electron chi connectivity index (χ0n) is 21.0. The van der Waals surface area contributed by atoms with Crippen molar-refractivity contribution in [1.29, 1.82) is 0 Å². The molecule has 0 fully saturated rings. The summed E-state index contributed by atoms with van der Waals surface area (Å²) in [5, 5.41) is 1.37. The van der Waals surface area contributed by atoms with E-state index in [9.17, 15) is 0 Å². The van der Waals surface area contributed by atoms with Gasteiger partial charge in [0, 0.05) is 23.7 Å². The average molecular weight is 598 g/mol. The third kappa shape index (κ3) is 12.7. The van der Waals surface area contributed by atoms with Gasteiger partial charge in [-0.25, -0.2) is 0 Å². The molecule has 0 unspecified atom stereocenters. The summed E-state index contributed by atoms with van der Waals surface area (Å²) in [6.07, 6.45) is 2.25. The van der Waals surface area contributed by atoms with E-state index in [4.69, 9.17) is 4.98 Å². The summed E-state index contributed by atoms with van der Waals surface area (Å²) in [7, 11) is -0.308. The number of hydrogen-bond donors (Lipinski definition) is 0. The van der Waals surface area contributed by atoms with Gasteiger partial charge in [-0.1, -0.05) is 105 Å². The van der Waals surface area contributed by atoms with Crippen LogP contribution < -0.4 is 37.2 Å². The van der Waals surface area contributed by atoms with Gasteiger partial charge in [-0.15, -0.1) is 0 Å². The Hall–Kier alpha value is 1.57. The second kappa shape index (κ2) is 14.1. The molecule has 0 aliphatic carbocycles. The Labute approximate surface area is 223 Å². The molecule has 30 heavy (non-hydrogen) atoms. The molecule has 0 atom stereocenters. The van der Waals surface area contributed by atoms with Crippen molar-refractivity contribution >= 4 is 15.8 Å². The van der Waals surface area contributed by atoms with Crippen LogP contribution in [0.4, 0.5) is 0 Å². The second-order valence-corrected chi connectivity index (χ2v) is 19.2. The molecular formula is C23H43Cl3MoNP2. The van der Waals surface area contributed by atoms with Crippen LogP contribution in [-0.2, 0) is 33.4 Å². The number of nitrogens with zero attached hydrogens (tertiary/aromatic N) is 1. The molecule has 1 nitrogen and oxygen atoms in total. The molecule has 0 bridgehead atoms. The maximum absolute atomic E-state index is 5.14. The first-order chi connectivity index (χ1) is 11.4. The first kappa shape index (κ1) is 38.8. The minimum atomic E-state index is -0.154. The second-order valence-electron chi connectivity index (χ2n) is 11.5. The van der Waals surface area contributed by atoms with E-state index in [0.717, 1.165) is 12.3 Å². The van der Waals surface area contributed by atoms with Gasteiger partial charge >= 0.3 is 21.1 Å². The molecule has 0 aromatic carbocycles. The summed E-state index contributed by atoms with van der Waals surface area (Å²) in [6, 6.07) is 6.72. The van der Waals surface area contributed by atoms with E-state index in [1.54, 1.807) is 0 Å². The van der Waals surface area contributed by atoms with Gasteiger partial charge < -0.3 is 37.2 Å². The van der Waals surface area contributed by atoms with Crippen molar-refractivity contribution in [2.24, 2.45) is 0 Å². The summed E-state index contributed by atoms with van der Waals surface area (Å²) in [6.45, 7) is 28.7. The Bertz CT molecular complexity index is 523. The van der Waals surface area contributed by atoms with Gasteiger partial charge in [-0.05, 0) is 32.8 Å². The van der Waals surface area contributed by atoms with Crippen LogP contribution >= 0.6 is 15.8 Å². The minimum Gasteiger partial charge on any atom is -1.00 e. The molecule has 0 N–H and O–H groups in total. The van der Waals surface area contributed by atoms with Crippen LogP contribution in [0.3, 0.4) is 0 Å². The Morgan fingerprint density at radius 3 is 1.00 bits per heavy atom. The van der Waals surface area contributed by atoms with Gasteiger partial charge in [0.15, 0.2) is 0 Å². The number of hydrogen-bond acceptors (Lipinski definition) is 1. The fourth-order valence-electron chi connectivity index (χ4n) is 3.99. The minimum absolute atomic E-state index is 0. The summed E-state index contributed by atoms with van der Waals surface area (Å²) < 4.78 is 0. The van der Waals surface area contributed by atoms with Crippen molar-refractivity contribution in [1.82, 2.24) is 4.98 Å². The predicted molar refractivity (Wildman–Crippen MR) is 124 cm³/mol. The van der Waals surface area contributed by atoms with Gasteiger partial charge in [0.2, 0.25) is 0 Å². The quantitative estimate of drug-likeness (QED) is 0.329. The third-order valence-electron chi connectivity index (χ3n) is 4.74. The van der Waals surface area contributed by atoms with Gasteiger partial charge in [-0.3, -0.25) is 4.98 Å². The molecule has 177 valence electrons. The Kier molecular flexibility index (Phi) is 18.2. The third-order valence-corrected chi connectivity index (χ3v) is 12.5. The SMILES string of the molecule is CC(C)(C)P(Cc1cccc(CP(C(C)(C)C)C(C)(C)C)n1)C(C)(C)C.[Cl-].[Cl-].[Cl-].[Mo+3]. The predicted octanol–water partition coefficient (Wildman–Crippen LogP) is -0.751. The number of pyridine rings is 1. The molecule has 1 heterocycles. The van der Waals surface area contributed by atoms with E-state index in [2.05, 4.69) is 101 Å². The van der Waals surface area contributed by atoms with Crippen molar-refractivity contribution in [3.8, 4) is 0 Å². The van der Waals surface area contributed by atoms with Crippen LogP contribution in [0, 0.1) is 0 Å². The van der Waals surface area contributed by atoms with Crippen molar-refractivity contribution in [2.75, 3.05) is 0 Å². The fourth-order valence-corrected chi connectivity index (χ4v) is 10.9. The summed E-state index contributed by atoms with van der Waals surface area (Å²) in [5.74, 6) is 0.